The van der Waals surface area contributed by atoms with Gasteiger partial charge in [0.1, 0.15) is 0 Å². The quantitative estimate of drug-likeness (QED) is 0.663. The van der Waals surface area contributed by atoms with Crippen LogP contribution < -0.4 is 5.32 Å². The van der Waals surface area contributed by atoms with E-state index in [1.165, 1.54) is 38.8 Å². The second-order valence-electron chi connectivity index (χ2n) is 5.44. The van der Waals surface area contributed by atoms with Crippen molar-refractivity contribution in [3.63, 3.8) is 0 Å². The lowest BCUT2D eigenvalue weighted by molar-refractivity contribution is -0.384. The number of anilines is 1. The maximum Gasteiger partial charge on any atom is 0.271 e. The van der Waals surface area contributed by atoms with Gasteiger partial charge in [-0.3, -0.25) is 10.1 Å². The fraction of sp³-hybridized carbons (Fsp3) is 0.600. The third kappa shape index (κ3) is 4.20. The Morgan fingerprint density at radius 3 is 2.60 bits per heavy atom. The van der Waals surface area contributed by atoms with Crippen LogP contribution in [-0.2, 0) is 0 Å². The van der Waals surface area contributed by atoms with Gasteiger partial charge in [0, 0.05) is 30.9 Å². The van der Waals surface area contributed by atoms with Crippen molar-refractivity contribution in [1.29, 1.82) is 0 Å². The van der Waals surface area contributed by atoms with E-state index in [4.69, 9.17) is 0 Å². The summed E-state index contributed by atoms with van der Waals surface area (Å²) < 4.78 is 0. The molecule has 110 valence electrons. The van der Waals surface area contributed by atoms with Crippen LogP contribution in [0.2, 0.25) is 0 Å². The van der Waals surface area contributed by atoms with E-state index < -0.39 is 0 Å². The van der Waals surface area contributed by atoms with E-state index >= 15 is 0 Å². The van der Waals surface area contributed by atoms with Crippen LogP contribution in [0.15, 0.2) is 18.2 Å². The molecule has 1 aromatic carbocycles. The summed E-state index contributed by atoms with van der Waals surface area (Å²) in [7, 11) is 0. The zero-order chi connectivity index (χ0) is 14.4. The molecule has 0 unspecified atom stereocenters. The molecular formula is C15H23N3O2. The number of aryl methyl sites for hydroxylation is 1. The van der Waals surface area contributed by atoms with Gasteiger partial charge in [0.2, 0.25) is 0 Å². The van der Waals surface area contributed by atoms with E-state index in [0.29, 0.717) is 0 Å². The zero-order valence-electron chi connectivity index (χ0n) is 12.1. The monoisotopic (exact) mass is 277 g/mol. The van der Waals surface area contributed by atoms with E-state index in [2.05, 4.69) is 10.2 Å². The highest BCUT2D eigenvalue weighted by Gasteiger charge is 2.10. The maximum atomic E-state index is 10.8. The molecule has 1 aliphatic rings. The van der Waals surface area contributed by atoms with Gasteiger partial charge < -0.3 is 10.2 Å². The predicted molar refractivity (Wildman–Crippen MR) is 81.2 cm³/mol. The van der Waals surface area contributed by atoms with Gasteiger partial charge in [0.25, 0.3) is 5.69 Å². The molecule has 0 spiro atoms. The molecule has 0 saturated carbocycles. The number of rotatable bonds is 5. The Bertz CT molecular complexity index is 454. The standard InChI is InChI=1S/C15H23N3O2/c1-13-6-7-14(18(19)20)12-15(13)16-8-11-17-9-4-2-3-5-10-17/h6-7,12,16H,2-5,8-11H2,1H3. The Labute approximate surface area is 120 Å². The number of nitrogens with one attached hydrogen (secondary N) is 1. The highest BCUT2D eigenvalue weighted by molar-refractivity contribution is 5.56. The second-order valence-corrected chi connectivity index (χ2v) is 5.44. The molecule has 1 aromatic rings. The van der Waals surface area contributed by atoms with Gasteiger partial charge in [-0.25, -0.2) is 0 Å². The first kappa shape index (κ1) is 14.8. The van der Waals surface area contributed by atoms with E-state index in [1.54, 1.807) is 18.2 Å². The van der Waals surface area contributed by atoms with Crippen molar-refractivity contribution >= 4 is 11.4 Å². The first-order valence-corrected chi connectivity index (χ1v) is 7.38. The zero-order valence-corrected chi connectivity index (χ0v) is 12.1. The highest BCUT2D eigenvalue weighted by Crippen LogP contribution is 2.21. The molecule has 1 fully saturated rings. The van der Waals surface area contributed by atoms with Crippen LogP contribution in [-0.4, -0.2) is 36.0 Å². The van der Waals surface area contributed by atoms with Gasteiger partial charge in [-0.05, 0) is 38.4 Å². The topological polar surface area (TPSA) is 58.4 Å². The average molecular weight is 277 g/mol. The van der Waals surface area contributed by atoms with Gasteiger partial charge in [0.15, 0.2) is 0 Å². The molecule has 20 heavy (non-hydrogen) atoms. The Morgan fingerprint density at radius 1 is 1.25 bits per heavy atom. The Balaban J connectivity index is 1.86. The van der Waals surface area contributed by atoms with E-state index in [-0.39, 0.29) is 10.6 Å². The summed E-state index contributed by atoms with van der Waals surface area (Å²) in [5.74, 6) is 0. The third-order valence-electron chi connectivity index (χ3n) is 3.87. The normalized spacial score (nSPS) is 16.6. The van der Waals surface area contributed by atoms with Gasteiger partial charge in [0.05, 0.1) is 4.92 Å². The van der Waals surface area contributed by atoms with Crippen LogP contribution in [0.25, 0.3) is 0 Å². The van der Waals surface area contributed by atoms with Crippen molar-refractivity contribution in [2.75, 3.05) is 31.5 Å². The van der Waals surface area contributed by atoms with Crippen molar-refractivity contribution in [2.45, 2.75) is 32.6 Å². The van der Waals surface area contributed by atoms with Gasteiger partial charge >= 0.3 is 0 Å². The summed E-state index contributed by atoms with van der Waals surface area (Å²) >= 11 is 0. The molecule has 0 bridgehead atoms. The molecule has 0 aliphatic carbocycles. The number of hydrogen-bond donors (Lipinski definition) is 1. The molecule has 1 saturated heterocycles. The minimum absolute atomic E-state index is 0.146. The molecule has 0 radical (unpaired) electrons. The van der Waals surface area contributed by atoms with Gasteiger partial charge in [-0.1, -0.05) is 18.9 Å². The first-order valence-electron chi connectivity index (χ1n) is 7.38. The molecule has 2 rings (SSSR count). The molecule has 0 atom stereocenters. The summed E-state index contributed by atoms with van der Waals surface area (Å²) in [6, 6.07) is 4.97. The van der Waals surface area contributed by atoms with Crippen molar-refractivity contribution in [3.8, 4) is 0 Å². The first-order chi connectivity index (χ1) is 9.66. The minimum Gasteiger partial charge on any atom is -0.383 e. The van der Waals surface area contributed by atoms with Crippen molar-refractivity contribution < 1.29 is 4.92 Å². The number of likely N-dealkylation sites (tertiary alicyclic amines) is 1. The molecular weight excluding hydrogens is 254 g/mol. The molecule has 5 nitrogen and oxygen atoms in total. The second kappa shape index (κ2) is 7.24. The Morgan fingerprint density at radius 2 is 1.95 bits per heavy atom. The van der Waals surface area contributed by atoms with E-state index in [0.717, 1.165) is 24.3 Å². The van der Waals surface area contributed by atoms with Crippen LogP contribution in [0.1, 0.15) is 31.2 Å². The molecule has 5 heteroatoms. The molecule has 1 aliphatic heterocycles. The largest absolute Gasteiger partial charge is 0.383 e. The number of nitro groups is 1. The maximum absolute atomic E-state index is 10.8. The lowest BCUT2D eigenvalue weighted by Gasteiger charge is -2.20. The summed E-state index contributed by atoms with van der Waals surface area (Å²) in [5.41, 5.74) is 2.06. The molecule has 0 aromatic heterocycles. The lowest BCUT2D eigenvalue weighted by Crippen LogP contribution is -2.30. The summed E-state index contributed by atoms with van der Waals surface area (Å²) in [4.78, 5) is 12.9. The van der Waals surface area contributed by atoms with Gasteiger partial charge in [-0.2, -0.15) is 0 Å². The molecule has 1 heterocycles. The Hall–Kier alpha value is -1.62. The highest BCUT2D eigenvalue weighted by atomic mass is 16.6. The molecule has 1 N–H and O–H groups in total. The molecule has 0 amide bonds. The van der Waals surface area contributed by atoms with Crippen LogP contribution in [0.3, 0.4) is 0 Å². The average Bonchev–Trinajstić information content (AvgIpc) is 2.69. The smallest absolute Gasteiger partial charge is 0.271 e. The van der Waals surface area contributed by atoms with E-state index in [1.807, 2.05) is 6.92 Å². The number of hydrogen-bond acceptors (Lipinski definition) is 4. The fourth-order valence-electron chi connectivity index (χ4n) is 2.62. The fourth-order valence-corrected chi connectivity index (χ4v) is 2.62. The van der Waals surface area contributed by atoms with E-state index in [9.17, 15) is 10.1 Å². The predicted octanol–water partition coefficient (Wildman–Crippen LogP) is 3.19. The van der Waals surface area contributed by atoms with Crippen molar-refractivity contribution in [3.05, 3.63) is 33.9 Å². The number of benzene rings is 1. The summed E-state index contributed by atoms with van der Waals surface area (Å²) in [6.07, 6.45) is 5.26. The summed E-state index contributed by atoms with van der Waals surface area (Å²) in [6.45, 7) is 6.16. The number of non-ortho nitro benzene ring substituents is 1. The Kier molecular flexibility index (Phi) is 5.35. The SMILES string of the molecule is Cc1ccc([N+](=O)[O-])cc1NCCN1CCCCCC1. The number of nitro benzene ring substituents is 1. The van der Waals surface area contributed by atoms with Crippen LogP contribution >= 0.6 is 0 Å². The lowest BCUT2D eigenvalue weighted by atomic mass is 10.2. The number of nitrogens with zero attached hydrogens (tertiary/aromatic N) is 2. The van der Waals surface area contributed by atoms with Gasteiger partial charge in [-0.15, -0.1) is 0 Å². The minimum atomic E-state index is -0.348. The third-order valence-corrected chi connectivity index (χ3v) is 3.87. The van der Waals surface area contributed by atoms with Crippen molar-refractivity contribution in [2.24, 2.45) is 0 Å². The van der Waals surface area contributed by atoms with Crippen LogP contribution in [0.5, 0.6) is 0 Å². The van der Waals surface area contributed by atoms with Crippen molar-refractivity contribution in [1.82, 2.24) is 4.90 Å². The van der Waals surface area contributed by atoms with Crippen LogP contribution in [0.4, 0.5) is 11.4 Å². The van der Waals surface area contributed by atoms with Crippen LogP contribution in [0, 0.1) is 17.0 Å². The summed E-state index contributed by atoms with van der Waals surface area (Å²) in [5, 5.41) is 14.1.